The van der Waals surface area contributed by atoms with Crippen molar-refractivity contribution in [2.45, 2.75) is 13.0 Å². The number of hydrogen-bond acceptors (Lipinski definition) is 3. The Morgan fingerprint density at radius 1 is 1.35 bits per heavy atom. The molecule has 1 N–H and O–H groups in total. The predicted molar refractivity (Wildman–Crippen MR) is 72.6 cm³/mol. The topological polar surface area (TPSA) is 38.3 Å². The quantitative estimate of drug-likeness (QED) is 0.769. The highest BCUT2D eigenvalue weighted by molar-refractivity contribution is 7.84. The molecular weight excluding hydrogens is 234 g/mol. The zero-order valence-corrected chi connectivity index (χ0v) is 11.3. The number of hydrogen-bond donors (Lipinski definition) is 1. The second-order valence-electron chi connectivity index (χ2n) is 3.81. The van der Waals surface area contributed by atoms with Crippen LogP contribution in [0.2, 0.25) is 0 Å². The van der Waals surface area contributed by atoms with Crippen molar-refractivity contribution >= 4 is 10.8 Å². The van der Waals surface area contributed by atoms with E-state index in [1.807, 2.05) is 25.1 Å². The molecule has 0 aliphatic heterocycles. The average Bonchev–Trinajstić information content (AvgIpc) is 2.38. The SMILES string of the molecule is CCS(=O)CCNC(COC)c1ccccc1. The molecule has 1 aromatic carbocycles. The van der Waals surface area contributed by atoms with E-state index in [9.17, 15) is 4.21 Å². The van der Waals surface area contributed by atoms with Crippen LogP contribution >= 0.6 is 0 Å². The Bertz CT molecular complexity index is 329. The van der Waals surface area contributed by atoms with Gasteiger partial charge in [-0.25, -0.2) is 0 Å². The molecule has 2 atom stereocenters. The van der Waals surface area contributed by atoms with E-state index in [2.05, 4.69) is 17.4 Å². The van der Waals surface area contributed by atoms with Crippen LogP contribution in [0.1, 0.15) is 18.5 Å². The lowest BCUT2D eigenvalue weighted by Crippen LogP contribution is -2.29. The Hall–Kier alpha value is -0.710. The summed E-state index contributed by atoms with van der Waals surface area (Å²) in [6, 6.07) is 10.4. The van der Waals surface area contributed by atoms with Crippen LogP contribution < -0.4 is 5.32 Å². The van der Waals surface area contributed by atoms with Crippen molar-refractivity contribution in [3.8, 4) is 0 Å². The van der Waals surface area contributed by atoms with Crippen molar-refractivity contribution in [3.63, 3.8) is 0 Å². The second-order valence-corrected chi connectivity index (χ2v) is 5.67. The van der Waals surface area contributed by atoms with Gasteiger partial charge in [-0.1, -0.05) is 37.3 Å². The van der Waals surface area contributed by atoms with E-state index < -0.39 is 10.8 Å². The van der Waals surface area contributed by atoms with Crippen LogP contribution in [-0.4, -0.2) is 36.0 Å². The van der Waals surface area contributed by atoms with E-state index in [1.54, 1.807) is 7.11 Å². The van der Waals surface area contributed by atoms with Gasteiger partial charge in [-0.2, -0.15) is 0 Å². The first kappa shape index (κ1) is 14.4. The molecule has 0 aromatic heterocycles. The standard InChI is InChI=1S/C13H21NO2S/c1-3-17(15)10-9-14-13(11-16-2)12-7-5-4-6-8-12/h4-8,13-14H,3,9-11H2,1-2H3. The molecule has 0 spiro atoms. The summed E-state index contributed by atoms with van der Waals surface area (Å²) in [5.41, 5.74) is 1.21. The molecule has 0 amide bonds. The first-order valence-electron chi connectivity index (χ1n) is 5.90. The third-order valence-electron chi connectivity index (χ3n) is 2.58. The third-order valence-corrected chi connectivity index (χ3v) is 3.88. The molecule has 0 heterocycles. The maximum Gasteiger partial charge on any atom is 0.0657 e. The summed E-state index contributed by atoms with van der Waals surface area (Å²) in [5, 5.41) is 3.38. The fourth-order valence-electron chi connectivity index (χ4n) is 1.62. The lowest BCUT2D eigenvalue weighted by atomic mass is 10.1. The highest BCUT2D eigenvalue weighted by atomic mass is 32.2. The fourth-order valence-corrected chi connectivity index (χ4v) is 2.25. The minimum absolute atomic E-state index is 0.176. The molecule has 0 aliphatic rings. The normalized spacial score (nSPS) is 14.5. The number of methoxy groups -OCH3 is 1. The third kappa shape index (κ3) is 5.44. The van der Waals surface area contributed by atoms with Gasteiger partial charge in [-0.05, 0) is 5.56 Å². The minimum atomic E-state index is -0.707. The van der Waals surface area contributed by atoms with Crippen LogP contribution in [0.25, 0.3) is 0 Å². The van der Waals surface area contributed by atoms with Crippen molar-refractivity contribution in [1.29, 1.82) is 0 Å². The van der Waals surface area contributed by atoms with Gasteiger partial charge >= 0.3 is 0 Å². The fraction of sp³-hybridized carbons (Fsp3) is 0.538. The molecule has 2 unspecified atom stereocenters. The van der Waals surface area contributed by atoms with E-state index in [1.165, 1.54) is 5.56 Å². The second kappa shape index (κ2) is 8.39. The van der Waals surface area contributed by atoms with Crippen LogP contribution in [0.3, 0.4) is 0 Å². The minimum Gasteiger partial charge on any atom is -0.383 e. The summed E-state index contributed by atoms with van der Waals surface area (Å²) in [6.07, 6.45) is 0. The molecule has 17 heavy (non-hydrogen) atoms. The number of nitrogens with one attached hydrogen (secondary N) is 1. The van der Waals surface area contributed by atoms with Crippen molar-refractivity contribution < 1.29 is 8.95 Å². The van der Waals surface area contributed by atoms with Gasteiger partial charge in [0, 0.05) is 36.0 Å². The monoisotopic (exact) mass is 255 g/mol. The van der Waals surface area contributed by atoms with E-state index >= 15 is 0 Å². The number of rotatable bonds is 8. The van der Waals surface area contributed by atoms with Gasteiger partial charge in [0.05, 0.1) is 12.6 Å². The van der Waals surface area contributed by atoms with Crippen LogP contribution in [0.15, 0.2) is 30.3 Å². The highest BCUT2D eigenvalue weighted by Gasteiger charge is 2.10. The van der Waals surface area contributed by atoms with Crippen LogP contribution in [0.5, 0.6) is 0 Å². The van der Waals surface area contributed by atoms with Gasteiger partial charge in [0.25, 0.3) is 0 Å². The first-order valence-corrected chi connectivity index (χ1v) is 7.39. The molecule has 0 radical (unpaired) electrons. The Morgan fingerprint density at radius 2 is 2.06 bits per heavy atom. The molecular formula is C13H21NO2S. The van der Waals surface area contributed by atoms with Gasteiger partial charge in [0.15, 0.2) is 0 Å². The Balaban J connectivity index is 2.47. The van der Waals surface area contributed by atoms with Crippen molar-refractivity contribution in [3.05, 3.63) is 35.9 Å². The molecule has 96 valence electrons. The lowest BCUT2D eigenvalue weighted by Gasteiger charge is -2.18. The van der Waals surface area contributed by atoms with Crippen LogP contribution in [0, 0.1) is 0 Å². The maximum absolute atomic E-state index is 11.3. The molecule has 0 saturated carbocycles. The average molecular weight is 255 g/mol. The first-order chi connectivity index (χ1) is 8.27. The van der Waals surface area contributed by atoms with E-state index in [4.69, 9.17) is 4.74 Å². The van der Waals surface area contributed by atoms with Crippen molar-refractivity contribution in [2.24, 2.45) is 0 Å². The molecule has 1 aromatic rings. The molecule has 4 heteroatoms. The molecule has 0 saturated heterocycles. The smallest absolute Gasteiger partial charge is 0.0657 e. The van der Waals surface area contributed by atoms with E-state index in [0.29, 0.717) is 12.4 Å². The van der Waals surface area contributed by atoms with E-state index in [-0.39, 0.29) is 6.04 Å². The molecule has 0 fully saturated rings. The van der Waals surface area contributed by atoms with Crippen molar-refractivity contribution in [2.75, 3.05) is 31.8 Å². The van der Waals surface area contributed by atoms with E-state index in [0.717, 1.165) is 12.3 Å². The van der Waals surface area contributed by atoms with Gasteiger partial charge in [0.2, 0.25) is 0 Å². The van der Waals surface area contributed by atoms with Gasteiger partial charge < -0.3 is 10.1 Å². The maximum atomic E-state index is 11.3. The van der Waals surface area contributed by atoms with Crippen molar-refractivity contribution in [1.82, 2.24) is 5.32 Å². The summed E-state index contributed by atoms with van der Waals surface area (Å²) in [7, 11) is 0.989. The van der Waals surface area contributed by atoms with Crippen LogP contribution in [-0.2, 0) is 15.5 Å². The zero-order valence-electron chi connectivity index (χ0n) is 10.5. The summed E-state index contributed by atoms with van der Waals surface area (Å²) in [6.45, 7) is 3.33. The summed E-state index contributed by atoms with van der Waals surface area (Å²) in [4.78, 5) is 0. The Labute approximate surface area is 106 Å². The Kier molecular flexibility index (Phi) is 7.08. The Morgan fingerprint density at radius 3 is 2.65 bits per heavy atom. The number of ether oxygens (including phenoxy) is 1. The molecule has 3 nitrogen and oxygen atoms in total. The van der Waals surface area contributed by atoms with Gasteiger partial charge in [0.1, 0.15) is 0 Å². The highest BCUT2D eigenvalue weighted by Crippen LogP contribution is 2.12. The molecule has 0 aliphatic carbocycles. The van der Waals surface area contributed by atoms with Gasteiger partial charge in [-0.3, -0.25) is 4.21 Å². The lowest BCUT2D eigenvalue weighted by molar-refractivity contribution is 0.168. The summed E-state index contributed by atoms with van der Waals surface area (Å²) >= 11 is 0. The zero-order chi connectivity index (χ0) is 12.5. The van der Waals surface area contributed by atoms with Crippen LogP contribution in [0.4, 0.5) is 0 Å². The number of benzene rings is 1. The predicted octanol–water partition coefficient (Wildman–Crippen LogP) is 1.73. The largest absolute Gasteiger partial charge is 0.383 e. The summed E-state index contributed by atoms with van der Waals surface area (Å²) in [5.74, 6) is 1.42. The summed E-state index contributed by atoms with van der Waals surface area (Å²) < 4.78 is 16.5. The van der Waals surface area contributed by atoms with Gasteiger partial charge in [-0.15, -0.1) is 0 Å². The molecule has 1 rings (SSSR count). The molecule has 0 bridgehead atoms.